The Balaban J connectivity index is 0.00000338. The number of hydrogen-bond donors (Lipinski definition) is 3. The Kier molecular flexibility index (Phi) is 11.2. The molecule has 0 bridgehead atoms. The van der Waals surface area contributed by atoms with Gasteiger partial charge in [0.1, 0.15) is 0 Å². The lowest BCUT2D eigenvalue weighted by Gasteiger charge is -2.26. The van der Waals surface area contributed by atoms with E-state index in [0.717, 1.165) is 63.9 Å². The maximum Gasteiger partial charge on any atom is 0.248 e. The number of primary amides is 1. The number of nitrogens with one attached hydrogen (secondary N) is 2. The summed E-state index contributed by atoms with van der Waals surface area (Å²) < 4.78 is 5.36. The van der Waals surface area contributed by atoms with E-state index in [-0.39, 0.29) is 24.0 Å². The van der Waals surface area contributed by atoms with Crippen LogP contribution in [0.1, 0.15) is 29.3 Å². The van der Waals surface area contributed by atoms with Crippen LogP contribution in [0, 0.1) is 0 Å². The van der Waals surface area contributed by atoms with Gasteiger partial charge in [-0.25, -0.2) is 4.99 Å². The van der Waals surface area contributed by atoms with E-state index in [0.29, 0.717) is 12.1 Å². The number of hydrogen-bond acceptors (Lipinski definition) is 4. The third-order valence-electron chi connectivity index (χ3n) is 4.02. The maximum atomic E-state index is 11.2. The zero-order valence-electron chi connectivity index (χ0n) is 15.4. The van der Waals surface area contributed by atoms with Crippen molar-refractivity contribution < 1.29 is 9.53 Å². The van der Waals surface area contributed by atoms with Crippen LogP contribution in [0.15, 0.2) is 29.3 Å². The topological polar surface area (TPSA) is 92.0 Å². The number of nitrogens with zero attached hydrogens (tertiary/aromatic N) is 2. The van der Waals surface area contributed by atoms with E-state index >= 15 is 0 Å². The highest BCUT2D eigenvalue weighted by Gasteiger charge is 2.09. The van der Waals surface area contributed by atoms with E-state index in [1.165, 1.54) is 0 Å². The second-order valence-electron chi connectivity index (χ2n) is 5.99. The van der Waals surface area contributed by atoms with E-state index in [4.69, 9.17) is 10.5 Å². The molecule has 1 aliphatic heterocycles. The second-order valence-corrected chi connectivity index (χ2v) is 5.99. The van der Waals surface area contributed by atoms with Gasteiger partial charge in [-0.2, -0.15) is 0 Å². The third-order valence-corrected chi connectivity index (χ3v) is 4.02. The smallest absolute Gasteiger partial charge is 0.248 e. The van der Waals surface area contributed by atoms with Crippen LogP contribution in [0.5, 0.6) is 0 Å². The Morgan fingerprint density at radius 3 is 2.77 bits per heavy atom. The lowest BCUT2D eigenvalue weighted by atomic mass is 10.1. The highest BCUT2D eigenvalue weighted by Crippen LogP contribution is 2.06. The molecule has 0 unspecified atom stereocenters. The molecule has 1 aromatic rings. The fourth-order valence-corrected chi connectivity index (χ4v) is 2.67. The Hall–Kier alpha value is -1.39. The molecular weight excluding hydrogens is 445 g/mol. The number of halogens is 1. The SMILES string of the molecule is CCNC(=NCc1cccc(C(N)=O)c1)NCCCN1CCOCC1.I. The number of benzene rings is 1. The van der Waals surface area contributed by atoms with Crippen molar-refractivity contribution in [1.82, 2.24) is 15.5 Å². The minimum Gasteiger partial charge on any atom is -0.379 e. The Morgan fingerprint density at radius 2 is 2.08 bits per heavy atom. The highest BCUT2D eigenvalue weighted by atomic mass is 127. The summed E-state index contributed by atoms with van der Waals surface area (Å²) in [4.78, 5) is 18.2. The number of carbonyl (C=O) groups is 1. The monoisotopic (exact) mass is 475 g/mol. The van der Waals surface area contributed by atoms with Crippen molar-refractivity contribution in [2.45, 2.75) is 19.9 Å². The average Bonchev–Trinajstić information content (AvgIpc) is 2.64. The van der Waals surface area contributed by atoms with Gasteiger partial charge in [-0.15, -0.1) is 24.0 Å². The predicted octanol–water partition coefficient (Wildman–Crippen LogP) is 1.18. The molecule has 1 heterocycles. The standard InChI is InChI=1S/C18H29N5O2.HI/c1-2-20-18(21-7-4-8-23-9-11-25-12-10-23)22-14-15-5-3-6-16(13-15)17(19)24;/h3,5-6,13H,2,4,7-12,14H2,1H3,(H2,19,24)(H2,20,21,22);1H. The van der Waals surface area contributed by atoms with E-state index in [1.54, 1.807) is 12.1 Å². The van der Waals surface area contributed by atoms with Crippen molar-refractivity contribution in [2.75, 3.05) is 45.9 Å². The van der Waals surface area contributed by atoms with Crippen LogP contribution in [0.25, 0.3) is 0 Å². The first-order valence-electron chi connectivity index (χ1n) is 8.90. The highest BCUT2D eigenvalue weighted by molar-refractivity contribution is 14.0. The summed E-state index contributed by atoms with van der Waals surface area (Å²) in [6.07, 6.45) is 1.06. The third kappa shape index (κ3) is 8.33. The van der Waals surface area contributed by atoms with Crippen LogP contribution in [-0.2, 0) is 11.3 Å². The van der Waals surface area contributed by atoms with Gasteiger partial charge in [0.15, 0.2) is 5.96 Å². The first kappa shape index (κ1) is 22.7. The molecule has 1 fully saturated rings. The molecule has 0 saturated carbocycles. The largest absolute Gasteiger partial charge is 0.379 e. The quantitative estimate of drug-likeness (QED) is 0.227. The lowest BCUT2D eigenvalue weighted by Crippen LogP contribution is -2.40. The van der Waals surface area contributed by atoms with E-state index < -0.39 is 5.91 Å². The number of rotatable bonds is 8. The van der Waals surface area contributed by atoms with Crippen LogP contribution in [0.2, 0.25) is 0 Å². The molecule has 1 aliphatic rings. The van der Waals surface area contributed by atoms with Gasteiger partial charge < -0.3 is 21.1 Å². The summed E-state index contributed by atoms with van der Waals surface area (Å²) in [7, 11) is 0. The van der Waals surface area contributed by atoms with Gasteiger partial charge in [-0.3, -0.25) is 9.69 Å². The number of morpholine rings is 1. The van der Waals surface area contributed by atoms with Crippen molar-refractivity contribution in [2.24, 2.45) is 10.7 Å². The van der Waals surface area contributed by atoms with Crippen molar-refractivity contribution in [3.63, 3.8) is 0 Å². The van der Waals surface area contributed by atoms with Gasteiger partial charge in [0.2, 0.25) is 5.91 Å². The minimum atomic E-state index is -0.418. The lowest BCUT2D eigenvalue weighted by molar-refractivity contribution is 0.0376. The van der Waals surface area contributed by atoms with Crippen LogP contribution in [0.3, 0.4) is 0 Å². The first-order valence-corrected chi connectivity index (χ1v) is 8.90. The molecule has 0 aliphatic carbocycles. The minimum absolute atomic E-state index is 0. The molecule has 1 amide bonds. The number of guanidine groups is 1. The van der Waals surface area contributed by atoms with Crippen LogP contribution >= 0.6 is 24.0 Å². The predicted molar refractivity (Wildman–Crippen MR) is 115 cm³/mol. The molecule has 7 nitrogen and oxygen atoms in total. The van der Waals surface area contributed by atoms with Gasteiger partial charge in [0.05, 0.1) is 19.8 Å². The molecule has 1 aromatic carbocycles. The van der Waals surface area contributed by atoms with E-state index in [2.05, 4.69) is 20.5 Å². The van der Waals surface area contributed by atoms with Crippen molar-refractivity contribution >= 4 is 35.8 Å². The molecule has 0 radical (unpaired) electrons. The van der Waals surface area contributed by atoms with Crippen LogP contribution in [-0.4, -0.2) is 62.7 Å². The fraction of sp³-hybridized carbons (Fsp3) is 0.556. The molecule has 0 atom stereocenters. The normalized spacial score (nSPS) is 15.2. The van der Waals surface area contributed by atoms with Crippen molar-refractivity contribution in [3.8, 4) is 0 Å². The molecule has 1 saturated heterocycles. The van der Waals surface area contributed by atoms with Crippen LogP contribution < -0.4 is 16.4 Å². The number of amides is 1. The molecule has 0 aromatic heterocycles. The maximum absolute atomic E-state index is 11.2. The van der Waals surface area contributed by atoms with Gasteiger partial charge in [0.25, 0.3) is 0 Å². The number of ether oxygens (including phenoxy) is 1. The molecule has 2 rings (SSSR count). The zero-order chi connectivity index (χ0) is 17.9. The van der Waals surface area contributed by atoms with Gasteiger partial charge in [0, 0.05) is 31.7 Å². The van der Waals surface area contributed by atoms with Crippen molar-refractivity contribution in [3.05, 3.63) is 35.4 Å². The summed E-state index contributed by atoms with van der Waals surface area (Å²) in [6, 6.07) is 7.27. The summed E-state index contributed by atoms with van der Waals surface area (Å²) in [5, 5.41) is 6.60. The van der Waals surface area contributed by atoms with E-state index in [9.17, 15) is 4.79 Å². The summed E-state index contributed by atoms with van der Waals surface area (Å²) in [5.41, 5.74) is 6.79. The number of aliphatic imine (C=N–C) groups is 1. The van der Waals surface area contributed by atoms with E-state index in [1.807, 2.05) is 19.1 Å². The molecule has 4 N–H and O–H groups in total. The van der Waals surface area contributed by atoms with Gasteiger partial charge in [-0.1, -0.05) is 12.1 Å². The summed E-state index contributed by atoms with van der Waals surface area (Å²) in [6.45, 7) is 8.98. The Labute approximate surface area is 172 Å². The molecule has 146 valence electrons. The molecule has 0 spiro atoms. The van der Waals surface area contributed by atoms with Crippen LogP contribution in [0.4, 0.5) is 0 Å². The molecular formula is C18H30IN5O2. The first-order chi connectivity index (χ1) is 12.2. The Bertz CT molecular complexity index is 576. The zero-order valence-corrected chi connectivity index (χ0v) is 17.7. The molecule has 26 heavy (non-hydrogen) atoms. The van der Waals surface area contributed by atoms with Gasteiger partial charge >= 0.3 is 0 Å². The van der Waals surface area contributed by atoms with Crippen molar-refractivity contribution in [1.29, 1.82) is 0 Å². The average molecular weight is 475 g/mol. The Morgan fingerprint density at radius 1 is 1.31 bits per heavy atom. The van der Waals surface area contributed by atoms with Gasteiger partial charge in [-0.05, 0) is 37.6 Å². The molecule has 8 heteroatoms. The number of nitrogens with two attached hydrogens (primary N) is 1. The summed E-state index contributed by atoms with van der Waals surface area (Å²) in [5.74, 6) is 0.368. The summed E-state index contributed by atoms with van der Waals surface area (Å²) >= 11 is 0. The fourth-order valence-electron chi connectivity index (χ4n) is 2.67. The number of carbonyl (C=O) groups excluding carboxylic acids is 1. The second kappa shape index (κ2) is 12.9.